The van der Waals surface area contributed by atoms with E-state index in [1.165, 1.54) is 11.1 Å². The molecule has 0 spiro atoms. The summed E-state index contributed by atoms with van der Waals surface area (Å²) in [7, 11) is 0. The number of hydrogen-bond acceptors (Lipinski definition) is 3. The highest BCUT2D eigenvalue weighted by atomic mass is 35.5. The van der Waals surface area contributed by atoms with Gasteiger partial charge in [-0.3, -0.25) is 9.69 Å². The average molecular weight is 417 g/mol. The average Bonchev–Trinajstić information content (AvgIpc) is 3.17. The number of carbonyl (C=O) groups excluding carboxylic acids is 1. The Morgan fingerprint density at radius 2 is 1.63 bits per heavy atom. The Hall–Kier alpha value is -3.15. The lowest BCUT2D eigenvalue weighted by Crippen LogP contribution is -2.60. The van der Waals surface area contributed by atoms with Crippen molar-refractivity contribution in [2.24, 2.45) is 0 Å². The van der Waals surface area contributed by atoms with Gasteiger partial charge in [-0.05, 0) is 29.3 Å². The van der Waals surface area contributed by atoms with Crippen molar-refractivity contribution in [1.29, 1.82) is 0 Å². The monoisotopic (exact) mass is 416 g/mol. The van der Waals surface area contributed by atoms with Crippen LogP contribution >= 0.6 is 11.6 Å². The molecule has 6 heteroatoms. The van der Waals surface area contributed by atoms with Crippen LogP contribution in [0.4, 0.5) is 0 Å². The zero-order valence-corrected chi connectivity index (χ0v) is 17.0. The van der Waals surface area contributed by atoms with Gasteiger partial charge in [0.2, 0.25) is 0 Å². The van der Waals surface area contributed by atoms with Gasteiger partial charge in [-0.2, -0.15) is 0 Å². The maximum atomic E-state index is 12.7. The molecule has 0 atom stereocenters. The van der Waals surface area contributed by atoms with Crippen LogP contribution in [0.2, 0.25) is 5.15 Å². The molecule has 2 N–H and O–H groups in total. The third kappa shape index (κ3) is 3.70. The van der Waals surface area contributed by atoms with E-state index < -0.39 is 0 Å². The number of nitrogens with zero attached hydrogens (tertiary/aromatic N) is 2. The summed E-state index contributed by atoms with van der Waals surface area (Å²) in [5.41, 5.74) is 3.64. The number of amides is 1. The van der Waals surface area contributed by atoms with Crippen molar-refractivity contribution in [3.8, 4) is 0 Å². The van der Waals surface area contributed by atoms with Gasteiger partial charge in [-0.25, -0.2) is 4.98 Å². The Morgan fingerprint density at radius 3 is 2.27 bits per heavy atom. The predicted molar refractivity (Wildman–Crippen MR) is 119 cm³/mol. The van der Waals surface area contributed by atoms with Crippen LogP contribution in [0.3, 0.4) is 0 Å². The molecule has 2 aromatic heterocycles. The number of pyridine rings is 1. The number of hydrogen-bond donors (Lipinski definition) is 2. The molecule has 5 nitrogen and oxygen atoms in total. The van der Waals surface area contributed by atoms with Crippen molar-refractivity contribution >= 4 is 28.5 Å². The summed E-state index contributed by atoms with van der Waals surface area (Å²) in [4.78, 5) is 22.4. The fourth-order valence-corrected chi connectivity index (χ4v) is 4.21. The van der Waals surface area contributed by atoms with Crippen molar-refractivity contribution in [3.05, 3.63) is 101 Å². The van der Waals surface area contributed by atoms with E-state index in [2.05, 4.69) is 68.7 Å². The molecular weight excluding hydrogens is 396 g/mol. The molecule has 0 unspecified atom stereocenters. The molecule has 2 aromatic carbocycles. The zero-order chi connectivity index (χ0) is 20.5. The van der Waals surface area contributed by atoms with E-state index in [1.807, 2.05) is 18.2 Å². The number of rotatable bonds is 5. The van der Waals surface area contributed by atoms with Crippen LogP contribution in [0.25, 0.3) is 11.0 Å². The molecule has 30 heavy (non-hydrogen) atoms. The van der Waals surface area contributed by atoms with Crippen molar-refractivity contribution < 1.29 is 4.79 Å². The van der Waals surface area contributed by atoms with E-state index in [0.29, 0.717) is 16.5 Å². The SMILES string of the molecule is O=C(NC1CN(C(c2ccccc2)c2ccccc2)C1)c1cc2ccc(Cl)nc2[nH]1. The van der Waals surface area contributed by atoms with E-state index in [0.717, 1.165) is 18.5 Å². The maximum Gasteiger partial charge on any atom is 0.268 e. The number of carbonyl (C=O) groups is 1. The second kappa shape index (κ2) is 7.94. The summed E-state index contributed by atoms with van der Waals surface area (Å²) in [5.74, 6) is -0.121. The van der Waals surface area contributed by atoms with Crippen LogP contribution in [-0.2, 0) is 0 Å². The Kier molecular flexibility index (Phi) is 4.99. The number of likely N-dealkylation sites (tertiary alicyclic amines) is 1. The highest BCUT2D eigenvalue weighted by Gasteiger charge is 2.35. The summed E-state index contributed by atoms with van der Waals surface area (Å²) in [6.45, 7) is 1.59. The molecule has 0 radical (unpaired) electrons. The standard InChI is InChI=1S/C24H21ClN4O/c25-21-12-11-18-13-20(27-23(18)28-21)24(30)26-19-14-29(15-19)22(16-7-3-1-4-8-16)17-9-5-2-6-10-17/h1-13,19,22H,14-15H2,(H,26,30)(H,27,28). The molecule has 0 aliphatic carbocycles. The fraction of sp³-hybridized carbons (Fsp3) is 0.167. The van der Waals surface area contributed by atoms with Crippen molar-refractivity contribution in [3.63, 3.8) is 0 Å². The second-order valence-electron chi connectivity index (χ2n) is 7.60. The number of nitrogens with one attached hydrogen (secondary N) is 2. The smallest absolute Gasteiger partial charge is 0.268 e. The summed E-state index contributed by atoms with van der Waals surface area (Å²) in [6, 6.07) is 26.7. The van der Waals surface area contributed by atoms with Gasteiger partial charge in [-0.1, -0.05) is 72.3 Å². The van der Waals surface area contributed by atoms with Crippen molar-refractivity contribution in [2.75, 3.05) is 13.1 Å². The van der Waals surface area contributed by atoms with E-state index in [-0.39, 0.29) is 18.0 Å². The topological polar surface area (TPSA) is 61.0 Å². The van der Waals surface area contributed by atoms with Crippen LogP contribution < -0.4 is 5.32 Å². The Morgan fingerprint density at radius 1 is 1.00 bits per heavy atom. The van der Waals surface area contributed by atoms with Crippen molar-refractivity contribution in [2.45, 2.75) is 12.1 Å². The normalized spacial score (nSPS) is 14.7. The number of H-pyrrole nitrogens is 1. The Labute approximate surface area is 179 Å². The minimum atomic E-state index is -0.121. The van der Waals surface area contributed by atoms with Crippen LogP contribution in [-0.4, -0.2) is 39.9 Å². The van der Waals surface area contributed by atoms with E-state index in [9.17, 15) is 4.79 Å². The maximum absolute atomic E-state index is 12.7. The molecule has 1 fully saturated rings. The first-order chi connectivity index (χ1) is 14.7. The number of aromatic nitrogens is 2. The fourth-order valence-electron chi connectivity index (χ4n) is 4.07. The van der Waals surface area contributed by atoms with Gasteiger partial charge in [0.05, 0.1) is 12.1 Å². The zero-order valence-electron chi connectivity index (χ0n) is 16.3. The minimum Gasteiger partial charge on any atom is -0.345 e. The highest BCUT2D eigenvalue weighted by molar-refractivity contribution is 6.29. The third-order valence-electron chi connectivity index (χ3n) is 5.53. The lowest BCUT2D eigenvalue weighted by Gasteiger charge is -2.45. The lowest BCUT2D eigenvalue weighted by molar-refractivity contribution is 0.0715. The van der Waals surface area contributed by atoms with E-state index >= 15 is 0 Å². The number of fused-ring (bicyclic) bond motifs is 1. The molecule has 3 heterocycles. The molecule has 0 bridgehead atoms. The Bertz CT molecular complexity index is 1130. The summed E-state index contributed by atoms with van der Waals surface area (Å²) in [6.07, 6.45) is 0. The van der Waals surface area contributed by atoms with Crippen molar-refractivity contribution in [1.82, 2.24) is 20.2 Å². The molecule has 1 amide bonds. The van der Waals surface area contributed by atoms with E-state index in [1.54, 1.807) is 12.1 Å². The van der Waals surface area contributed by atoms with Gasteiger partial charge in [-0.15, -0.1) is 0 Å². The summed E-state index contributed by atoms with van der Waals surface area (Å²) < 4.78 is 0. The molecule has 150 valence electrons. The molecule has 5 rings (SSSR count). The molecule has 0 saturated carbocycles. The van der Waals surface area contributed by atoms with Crippen LogP contribution in [0.15, 0.2) is 78.9 Å². The molecular formula is C24H21ClN4O. The second-order valence-corrected chi connectivity index (χ2v) is 7.99. The first kappa shape index (κ1) is 18.9. The summed E-state index contributed by atoms with van der Waals surface area (Å²) >= 11 is 5.93. The van der Waals surface area contributed by atoms with E-state index in [4.69, 9.17) is 11.6 Å². The molecule has 1 saturated heterocycles. The summed E-state index contributed by atoms with van der Waals surface area (Å²) in [5, 5.41) is 4.39. The molecule has 1 aliphatic rings. The number of aromatic amines is 1. The Balaban J connectivity index is 1.28. The lowest BCUT2D eigenvalue weighted by atomic mass is 9.93. The minimum absolute atomic E-state index is 0.107. The van der Waals surface area contributed by atoms with Gasteiger partial charge >= 0.3 is 0 Å². The van der Waals surface area contributed by atoms with Gasteiger partial charge in [0.1, 0.15) is 16.5 Å². The largest absolute Gasteiger partial charge is 0.345 e. The number of benzene rings is 2. The predicted octanol–water partition coefficient (Wildman–Crippen LogP) is 4.42. The van der Waals surface area contributed by atoms with Gasteiger partial charge in [0.25, 0.3) is 5.91 Å². The molecule has 1 aliphatic heterocycles. The quantitative estimate of drug-likeness (QED) is 0.473. The first-order valence-electron chi connectivity index (χ1n) is 9.97. The third-order valence-corrected chi connectivity index (χ3v) is 5.74. The van der Waals surface area contributed by atoms with Crippen LogP contribution in [0.1, 0.15) is 27.7 Å². The van der Waals surface area contributed by atoms with Crippen LogP contribution in [0.5, 0.6) is 0 Å². The molecule has 4 aromatic rings. The first-order valence-corrected chi connectivity index (χ1v) is 10.4. The highest BCUT2D eigenvalue weighted by Crippen LogP contribution is 2.32. The van der Waals surface area contributed by atoms with Crippen LogP contribution in [0, 0.1) is 0 Å². The van der Waals surface area contributed by atoms with Gasteiger partial charge in [0.15, 0.2) is 0 Å². The number of halogens is 1. The van der Waals surface area contributed by atoms with Gasteiger partial charge in [0, 0.05) is 18.5 Å². The van der Waals surface area contributed by atoms with Gasteiger partial charge < -0.3 is 10.3 Å².